The van der Waals surface area contributed by atoms with Gasteiger partial charge < -0.3 is 15.7 Å². The Hall–Kier alpha value is -2.02. The molecule has 0 saturated carbocycles. The van der Waals surface area contributed by atoms with Gasteiger partial charge in [0.05, 0.1) is 17.2 Å². The number of thioether (sulfide) groups is 1. The summed E-state index contributed by atoms with van der Waals surface area (Å²) in [6.45, 7) is -0.108. The third kappa shape index (κ3) is 5.76. The van der Waals surface area contributed by atoms with Crippen LogP contribution in [0, 0.1) is 0 Å². The molecule has 0 fully saturated rings. The largest absolute Gasteiger partial charge is 0.392 e. The maximum Gasteiger partial charge on any atom is 0.253 e. The topological polar surface area (TPSA) is 78.4 Å². The lowest BCUT2D eigenvalue weighted by atomic mass is 10.1. The minimum atomic E-state index is -0.691. The lowest BCUT2D eigenvalue weighted by molar-refractivity contribution is -0.118. The van der Waals surface area contributed by atoms with Crippen LogP contribution < -0.4 is 10.6 Å². The van der Waals surface area contributed by atoms with E-state index in [1.54, 1.807) is 60.3 Å². The molecule has 2 aromatic rings. The van der Waals surface area contributed by atoms with Gasteiger partial charge in [-0.25, -0.2) is 0 Å². The van der Waals surface area contributed by atoms with Gasteiger partial charge in [-0.15, -0.1) is 0 Å². The highest BCUT2D eigenvalue weighted by molar-refractivity contribution is 7.98. The summed E-state index contributed by atoms with van der Waals surface area (Å²) in [5.74, 6) is 0.0212. The summed E-state index contributed by atoms with van der Waals surface area (Å²) >= 11 is 7.66. The van der Waals surface area contributed by atoms with Crippen molar-refractivity contribution in [3.05, 3.63) is 64.7 Å². The van der Waals surface area contributed by atoms with Gasteiger partial charge in [-0.1, -0.05) is 35.9 Å². The molecule has 0 aromatic heterocycles. The van der Waals surface area contributed by atoms with E-state index >= 15 is 0 Å². The summed E-state index contributed by atoms with van der Waals surface area (Å²) in [5, 5.41) is 15.1. The number of aliphatic hydroxyl groups excluding tert-OH is 1. The van der Waals surface area contributed by atoms with Crippen molar-refractivity contribution in [1.82, 2.24) is 5.32 Å². The quantitative estimate of drug-likeness (QED) is 0.644. The fourth-order valence-corrected chi connectivity index (χ4v) is 3.06. The smallest absolute Gasteiger partial charge is 0.253 e. The zero-order valence-electron chi connectivity index (χ0n) is 14.4. The fourth-order valence-electron chi connectivity index (χ4n) is 2.36. The normalized spacial score (nSPS) is 11.7. The molecule has 2 aromatic carbocycles. The van der Waals surface area contributed by atoms with Crippen LogP contribution in [0.5, 0.6) is 0 Å². The van der Waals surface area contributed by atoms with Gasteiger partial charge in [0.25, 0.3) is 5.91 Å². The molecule has 0 bridgehead atoms. The molecule has 1 atom stereocenters. The van der Waals surface area contributed by atoms with Gasteiger partial charge in [0.2, 0.25) is 5.91 Å². The van der Waals surface area contributed by atoms with Crippen molar-refractivity contribution in [2.45, 2.75) is 19.1 Å². The molecule has 0 spiro atoms. The number of rotatable bonds is 8. The SMILES string of the molecule is CSCCC(NC(=O)c1ccccc1Cl)C(=O)Nc1cccc(CO)c1. The Morgan fingerprint density at radius 2 is 1.96 bits per heavy atom. The second kappa shape index (κ2) is 10.2. The van der Waals surface area contributed by atoms with Crippen LogP contribution in [0.2, 0.25) is 5.02 Å². The van der Waals surface area contributed by atoms with E-state index < -0.39 is 6.04 Å². The number of aliphatic hydroxyl groups is 1. The van der Waals surface area contributed by atoms with Gasteiger partial charge in [-0.2, -0.15) is 11.8 Å². The zero-order valence-corrected chi connectivity index (χ0v) is 15.9. The van der Waals surface area contributed by atoms with Crippen LogP contribution >= 0.6 is 23.4 Å². The number of benzene rings is 2. The Labute approximate surface area is 162 Å². The Morgan fingerprint density at radius 1 is 1.19 bits per heavy atom. The molecule has 7 heteroatoms. The average molecular weight is 393 g/mol. The summed E-state index contributed by atoms with van der Waals surface area (Å²) < 4.78 is 0. The number of anilines is 1. The van der Waals surface area contributed by atoms with E-state index in [1.165, 1.54) is 0 Å². The number of amides is 2. The molecule has 0 heterocycles. The van der Waals surface area contributed by atoms with E-state index in [-0.39, 0.29) is 18.4 Å². The first-order valence-corrected chi connectivity index (χ1v) is 9.87. The lowest BCUT2D eigenvalue weighted by Gasteiger charge is -2.19. The van der Waals surface area contributed by atoms with Crippen LogP contribution in [-0.4, -0.2) is 35.0 Å². The van der Waals surface area contributed by atoms with Crippen molar-refractivity contribution in [2.75, 3.05) is 17.3 Å². The fraction of sp³-hybridized carbons (Fsp3) is 0.263. The lowest BCUT2D eigenvalue weighted by Crippen LogP contribution is -2.44. The minimum absolute atomic E-state index is 0.108. The number of hydrogen-bond donors (Lipinski definition) is 3. The van der Waals surface area contributed by atoms with Gasteiger partial charge in [0, 0.05) is 5.69 Å². The van der Waals surface area contributed by atoms with Gasteiger partial charge >= 0.3 is 0 Å². The molecule has 0 saturated heterocycles. The standard InChI is InChI=1S/C19H21ClN2O3S/c1-26-10-9-17(22-18(24)15-7-2-3-8-16(15)20)19(25)21-14-6-4-5-13(11-14)12-23/h2-8,11,17,23H,9-10,12H2,1H3,(H,21,25)(H,22,24). The maximum atomic E-state index is 12.6. The van der Waals surface area contributed by atoms with Crippen LogP contribution in [-0.2, 0) is 11.4 Å². The van der Waals surface area contributed by atoms with Crippen molar-refractivity contribution in [3.8, 4) is 0 Å². The first-order valence-electron chi connectivity index (χ1n) is 8.10. The van der Waals surface area contributed by atoms with Gasteiger partial charge in [0.15, 0.2) is 0 Å². The van der Waals surface area contributed by atoms with E-state index in [1.807, 2.05) is 6.26 Å². The van der Waals surface area contributed by atoms with E-state index in [2.05, 4.69) is 10.6 Å². The predicted molar refractivity (Wildman–Crippen MR) is 107 cm³/mol. The van der Waals surface area contributed by atoms with Crippen molar-refractivity contribution in [3.63, 3.8) is 0 Å². The molecule has 3 N–H and O–H groups in total. The Morgan fingerprint density at radius 3 is 2.65 bits per heavy atom. The third-order valence-electron chi connectivity index (χ3n) is 3.73. The predicted octanol–water partition coefficient (Wildman–Crippen LogP) is 3.32. The molecule has 2 rings (SSSR count). The Kier molecular flexibility index (Phi) is 7.97. The molecular weight excluding hydrogens is 372 g/mol. The highest BCUT2D eigenvalue weighted by atomic mass is 35.5. The number of nitrogens with one attached hydrogen (secondary N) is 2. The van der Waals surface area contributed by atoms with Crippen LogP contribution in [0.4, 0.5) is 5.69 Å². The number of halogens is 1. The number of carbonyl (C=O) groups excluding carboxylic acids is 2. The molecule has 2 amide bonds. The summed E-state index contributed by atoms with van der Waals surface area (Å²) in [4.78, 5) is 25.1. The minimum Gasteiger partial charge on any atom is -0.392 e. The molecule has 0 radical (unpaired) electrons. The van der Waals surface area contributed by atoms with Crippen LogP contribution in [0.1, 0.15) is 22.3 Å². The second-order valence-corrected chi connectivity index (χ2v) is 7.03. The zero-order chi connectivity index (χ0) is 18.9. The molecule has 0 aliphatic rings. The third-order valence-corrected chi connectivity index (χ3v) is 4.70. The van der Waals surface area contributed by atoms with Crippen LogP contribution in [0.15, 0.2) is 48.5 Å². The number of hydrogen-bond acceptors (Lipinski definition) is 4. The van der Waals surface area contributed by atoms with Crippen molar-refractivity contribution < 1.29 is 14.7 Å². The molecule has 0 aliphatic carbocycles. The Balaban J connectivity index is 2.11. The van der Waals surface area contributed by atoms with Crippen LogP contribution in [0.25, 0.3) is 0 Å². The molecule has 5 nitrogen and oxygen atoms in total. The van der Waals surface area contributed by atoms with Gasteiger partial charge in [-0.3, -0.25) is 9.59 Å². The summed E-state index contributed by atoms with van der Waals surface area (Å²) in [6.07, 6.45) is 2.43. The van der Waals surface area contributed by atoms with E-state index in [0.717, 1.165) is 5.75 Å². The van der Waals surface area contributed by atoms with Crippen molar-refractivity contribution in [2.24, 2.45) is 0 Å². The van der Waals surface area contributed by atoms with Crippen molar-refractivity contribution >= 4 is 40.9 Å². The number of carbonyl (C=O) groups is 2. The summed E-state index contributed by atoms with van der Waals surface area (Å²) in [5.41, 5.74) is 1.60. The monoisotopic (exact) mass is 392 g/mol. The molecule has 138 valence electrons. The highest BCUT2D eigenvalue weighted by Crippen LogP contribution is 2.16. The maximum absolute atomic E-state index is 12.6. The molecule has 1 unspecified atom stereocenters. The highest BCUT2D eigenvalue weighted by Gasteiger charge is 2.22. The first-order chi connectivity index (χ1) is 12.5. The van der Waals surface area contributed by atoms with Gasteiger partial charge in [-0.05, 0) is 48.3 Å². The summed E-state index contributed by atoms with van der Waals surface area (Å²) in [7, 11) is 0. The van der Waals surface area contributed by atoms with E-state index in [4.69, 9.17) is 11.6 Å². The molecule has 0 aliphatic heterocycles. The van der Waals surface area contributed by atoms with E-state index in [9.17, 15) is 14.7 Å². The second-order valence-electron chi connectivity index (χ2n) is 5.64. The van der Waals surface area contributed by atoms with E-state index in [0.29, 0.717) is 28.3 Å². The first kappa shape index (κ1) is 20.3. The molecule has 26 heavy (non-hydrogen) atoms. The summed E-state index contributed by atoms with van der Waals surface area (Å²) in [6, 6.07) is 13.0. The Bertz CT molecular complexity index is 770. The van der Waals surface area contributed by atoms with Gasteiger partial charge in [0.1, 0.15) is 6.04 Å². The van der Waals surface area contributed by atoms with Crippen LogP contribution in [0.3, 0.4) is 0 Å². The average Bonchev–Trinajstić information content (AvgIpc) is 2.65. The van der Waals surface area contributed by atoms with Crippen molar-refractivity contribution in [1.29, 1.82) is 0 Å². The molecular formula is C19H21ClN2O3S.